The number of phenolic OH excluding ortho intramolecular Hbond substituents is 2. The van der Waals surface area contributed by atoms with Crippen LogP contribution in [0.4, 0.5) is 0 Å². The second-order valence-corrected chi connectivity index (χ2v) is 7.48. The molecule has 0 spiro atoms. The first kappa shape index (κ1) is 14.1. The third-order valence-electron chi connectivity index (χ3n) is 3.73. The highest BCUT2D eigenvalue weighted by atomic mass is 32.2. The Labute approximate surface area is 150 Å². The van der Waals surface area contributed by atoms with Gasteiger partial charge in [-0.15, -0.1) is 0 Å². The summed E-state index contributed by atoms with van der Waals surface area (Å²) in [5.41, 5.74) is 2.15. The molecule has 0 saturated heterocycles. The van der Waals surface area contributed by atoms with E-state index in [-0.39, 0.29) is 5.75 Å². The zero-order valence-corrected chi connectivity index (χ0v) is 14.2. The number of hydrogen-bond donors (Lipinski definition) is 2. The van der Waals surface area contributed by atoms with Gasteiger partial charge in [-0.3, -0.25) is 0 Å². The molecule has 0 amide bonds. The van der Waals surface area contributed by atoms with Crippen LogP contribution in [-0.4, -0.2) is 11.6 Å². The first-order valence-electron chi connectivity index (χ1n) is 7.87. The van der Waals surface area contributed by atoms with Crippen molar-refractivity contribution in [1.29, 1.82) is 1.43 Å². The standard InChI is InChI=1S/C20H14O2S2/c21-15-9-5-13(6-10-15)19-20(14-7-11-16(22)12-8-14)24-18-4-2-1-3-17(18)23-19/h1-12,21-22H/i/hT. The van der Waals surface area contributed by atoms with Gasteiger partial charge in [0.25, 0.3) is 1.43 Å². The van der Waals surface area contributed by atoms with Crippen LogP contribution < -0.4 is 0 Å². The minimum atomic E-state index is 0.261. The summed E-state index contributed by atoms with van der Waals surface area (Å²) in [5.74, 6) is 0.779. The molecule has 0 saturated carbocycles. The van der Waals surface area contributed by atoms with Crippen LogP contribution in [-0.2, 0) is 0 Å². The van der Waals surface area contributed by atoms with Crippen LogP contribution in [0, 0.1) is 0 Å². The maximum Gasteiger partial charge on any atom is 0.293 e. The van der Waals surface area contributed by atoms with Crippen molar-refractivity contribution in [2.24, 2.45) is 0 Å². The smallest absolute Gasteiger partial charge is 0.293 e. The molecule has 0 aliphatic carbocycles. The minimum absolute atomic E-state index is 0.261. The normalized spacial score (nSPS) is 14.1. The van der Waals surface area contributed by atoms with E-state index in [0.29, 0.717) is 5.75 Å². The zero-order valence-electron chi connectivity index (χ0n) is 13.6. The number of aromatic hydroxyl groups is 2. The summed E-state index contributed by atoms with van der Waals surface area (Å²) in [4.78, 5) is 4.77. The molecule has 1 aliphatic heterocycles. The molecule has 4 rings (SSSR count). The lowest BCUT2D eigenvalue weighted by Gasteiger charge is -2.22. The van der Waals surface area contributed by atoms with Crippen LogP contribution in [0.2, 0.25) is 0 Å². The number of thioether (sulfide) groups is 2. The number of fused-ring (bicyclic) bond motifs is 1. The Morgan fingerprint density at radius 2 is 1.08 bits per heavy atom. The summed E-state index contributed by atoms with van der Waals surface area (Å²) in [6.45, 7) is 0. The number of benzene rings is 3. The van der Waals surface area contributed by atoms with Crippen molar-refractivity contribution in [3.8, 4) is 11.5 Å². The van der Waals surface area contributed by atoms with Gasteiger partial charge in [-0.05, 0) is 47.5 Å². The molecular formula is C20H14O2S2. The monoisotopic (exact) mass is 352 g/mol. The Morgan fingerprint density at radius 3 is 1.54 bits per heavy atom. The Morgan fingerprint density at radius 1 is 0.625 bits per heavy atom. The van der Waals surface area contributed by atoms with Gasteiger partial charge in [-0.2, -0.15) is 0 Å². The highest BCUT2D eigenvalue weighted by molar-refractivity contribution is 8.16. The van der Waals surface area contributed by atoms with Gasteiger partial charge >= 0.3 is 0 Å². The van der Waals surface area contributed by atoms with Crippen molar-refractivity contribution in [2.75, 3.05) is 0 Å². The van der Waals surface area contributed by atoms with Crippen molar-refractivity contribution in [3.63, 3.8) is 0 Å². The van der Waals surface area contributed by atoms with Gasteiger partial charge in [0.15, 0.2) is 0 Å². The van der Waals surface area contributed by atoms with E-state index in [9.17, 15) is 5.11 Å². The summed E-state index contributed by atoms with van der Waals surface area (Å²) in [5, 5.41) is 14.1. The predicted octanol–water partition coefficient (Wildman–Crippen LogP) is 5.82. The van der Waals surface area contributed by atoms with Crippen LogP contribution in [0.25, 0.3) is 9.81 Å². The molecule has 0 unspecified atom stereocenters. The fraction of sp³-hybridized carbons (Fsp3) is 0. The lowest BCUT2D eigenvalue weighted by atomic mass is 10.1. The summed E-state index contributed by atoms with van der Waals surface area (Å²) in [6.07, 6.45) is 0. The molecule has 2 N–H and O–H groups in total. The van der Waals surface area contributed by atoms with E-state index in [0.717, 1.165) is 20.9 Å². The molecule has 1 aliphatic rings. The second-order valence-electron chi connectivity index (χ2n) is 5.38. The fourth-order valence-electron chi connectivity index (χ4n) is 2.53. The van der Waals surface area contributed by atoms with Crippen LogP contribution in [0.15, 0.2) is 82.6 Å². The number of hydrogen-bond acceptors (Lipinski definition) is 4. The molecule has 3 aromatic carbocycles. The van der Waals surface area contributed by atoms with Gasteiger partial charge in [0.2, 0.25) is 0 Å². The van der Waals surface area contributed by atoms with Gasteiger partial charge in [0.05, 0.1) is 0 Å². The molecule has 24 heavy (non-hydrogen) atoms. The fourth-order valence-corrected chi connectivity index (χ4v) is 5.03. The molecular weight excluding hydrogens is 336 g/mol. The summed E-state index contributed by atoms with van der Waals surface area (Å²) >= 11 is 3.48. The molecule has 3 aromatic rings. The molecule has 4 heteroatoms. The summed E-state index contributed by atoms with van der Waals surface area (Å²) < 4.78 is 7.00. The van der Waals surface area contributed by atoms with E-state index >= 15 is 0 Å². The van der Waals surface area contributed by atoms with Gasteiger partial charge in [-0.25, -0.2) is 0 Å². The number of phenols is 2. The highest BCUT2D eigenvalue weighted by Crippen LogP contribution is 2.54. The molecule has 118 valence electrons. The van der Waals surface area contributed by atoms with Gasteiger partial charge in [0.1, 0.15) is 11.5 Å². The molecule has 2 nitrogen and oxygen atoms in total. The highest BCUT2D eigenvalue weighted by Gasteiger charge is 2.22. The van der Waals surface area contributed by atoms with Crippen LogP contribution >= 0.6 is 23.5 Å². The van der Waals surface area contributed by atoms with Crippen molar-refractivity contribution in [3.05, 3.63) is 83.9 Å². The first-order chi connectivity index (χ1) is 12.2. The number of rotatable bonds is 3. The Bertz CT molecular complexity index is 935. The molecule has 0 bridgehead atoms. The average molecular weight is 352 g/mol. The van der Waals surface area contributed by atoms with Gasteiger partial charge in [0, 0.05) is 19.6 Å². The van der Waals surface area contributed by atoms with E-state index in [4.69, 9.17) is 1.43 Å². The van der Waals surface area contributed by atoms with E-state index in [1.165, 1.54) is 9.79 Å². The molecule has 0 radical (unpaired) electrons. The summed E-state index contributed by atoms with van der Waals surface area (Å²) in [7, 11) is 0. The topological polar surface area (TPSA) is 40.5 Å². The van der Waals surface area contributed by atoms with Gasteiger partial charge < -0.3 is 10.2 Å². The van der Waals surface area contributed by atoms with E-state index in [2.05, 4.69) is 17.2 Å². The van der Waals surface area contributed by atoms with Crippen molar-refractivity contribution in [2.45, 2.75) is 9.79 Å². The maximum atomic E-state index is 9.59. The largest absolute Gasteiger partial charge is 0.508 e. The van der Waals surface area contributed by atoms with Crippen LogP contribution in [0.3, 0.4) is 0 Å². The minimum Gasteiger partial charge on any atom is -0.508 e. The lowest BCUT2D eigenvalue weighted by Crippen LogP contribution is -1.93. The SMILES string of the molecule is [3H]Oc1ccc(C2=C(c3ccc(O)cc3)Sc3ccccc3S2)cc1. The average Bonchev–Trinajstić information content (AvgIpc) is 2.68. The van der Waals surface area contributed by atoms with E-state index in [1.54, 1.807) is 47.8 Å². The van der Waals surface area contributed by atoms with Crippen molar-refractivity contribution < 1.29 is 10.2 Å². The molecule has 0 atom stereocenters. The molecule has 0 fully saturated rings. The van der Waals surface area contributed by atoms with Crippen molar-refractivity contribution >= 4 is 33.3 Å². The third kappa shape index (κ3) is 2.90. The predicted molar refractivity (Wildman–Crippen MR) is 101 cm³/mol. The van der Waals surface area contributed by atoms with Crippen LogP contribution in [0.5, 0.6) is 11.5 Å². The molecule has 1 heterocycles. The zero-order chi connectivity index (χ0) is 17.2. The quantitative estimate of drug-likeness (QED) is 0.623. The van der Waals surface area contributed by atoms with E-state index in [1.807, 2.05) is 36.4 Å². The Balaban J connectivity index is 1.84. The van der Waals surface area contributed by atoms with Crippen molar-refractivity contribution in [1.82, 2.24) is 0 Å². The van der Waals surface area contributed by atoms with Crippen LogP contribution in [0.1, 0.15) is 11.1 Å². The second kappa shape index (κ2) is 6.30. The van der Waals surface area contributed by atoms with E-state index < -0.39 is 0 Å². The maximum absolute atomic E-state index is 9.59. The summed E-state index contributed by atoms with van der Waals surface area (Å²) in [6, 6.07) is 23.2. The lowest BCUT2D eigenvalue weighted by molar-refractivity contribution is 0.474. The molecule has 0 aromatic heterocycles. The first-order valence-corrected chi connectivity index (χ1v) is 9.10. The third-order valence-corrected chi connectivity index (χ3v) is 6.42. The Hall–Kier alpha value is -2.30. The van der Waals surface area contributed by atoms with Gasteiger partial charge in [-0.1, -0.05) is 59.9 Å². The Kier molecular flexibility index (Phi) is 3.70.